The minimum atomic E-state index is 0.0918. The summed E-state index contributed by atoms with van der Waals surface area (Å²) in [5.41, 5.74) is 6.22. The van der Waals surface area contributed by atoms with E-state index >= 15 is 0 Å². The highest BCUT2D eigenvalue weighted by Gasteiger charge is 2.20. The zero-order valence-corrected chi connectivity index (χ0v) is 29.0. The van der Waals surface area contributed by atoms with Crippen LogP contribution in [0.4, 0.5) is 11.4 Å². The smallest absolute Gasteiger partial charge is 0.163 e. The van der Waals surface area contributed by atoms with Gasteiger partial charge in [-0.25, -0.2) is 15.0 Å². The molecule has 0 saturated carbocycles. The third kappa shape index (κ3) is 5.34. The SMILES string of the molecule is C1=CCC(c2nc(-c3ccccc3)nc(-c3ccc(-c4cccc5c4sc4ccc6ccc7ccccc7c6c45)c(Nc4ccccc4)c3)n2)C=C1. The predicted octanol–water partition coefficient (Wildman–Crippen LogP) is 12.9. The van der Waals surface area contributed by atoms with Gasteiger partial charge in [0.05, 0.1) is 0 Å². The highest BCUT2D eigenvalue weighted by molar-refractivity contribution is 7.26. The Morgan fingerprint density at radius 1 is 0.558 bits per heavy atom. The van der Waals surface area contributed by atoms with Crippen LogP contribution >= 0.6 is 11.3 Å². The Labute approximate surface area is 305 Å². The molecule has 0 amide bonds. The van der Waals surface area contributed by atoms with E-state index in [1.165, 1.54) is 47.3 Å². The van der Waals surface area contributed by atoms with Gasteiger partial charge < -0.3 is 5.32 Å². The maximum Gasteiger partial charge on any atom is 0.163 e. The van der Waals surface area contributed by atoms with Crippen LogP contribution in [0, 0.1) is 0 Å². The summed E-state index contributed by atoms with van der Waals surface area (Å²) >= 11 is 1.87. The zero-order chi connectivity index (χ0) is 34.4. The zero-order valence-electron chi connectivity index (χ0n) is 28.2. The summed E-state index contributed by atoms with van der Waals surface area (Å²) in [5.74, 6) is 2.21. The van der Waals surface area contributed by atoms with Crippen LogP contribution in [0.5, 0.6) is 0 Å². The van der Waals surface area contributed by atoms with Crippen molar-refractivity contribution in [1.82, 2.24) is 15.0 Å². The van der Waals surface area contributed by atoms with Crippen molar-refractivity contribution in [3.8, 4) is 33.9 Å². The molecule has 10 rings (SSSR count). The van der Waals surface area contributed by atoms with Crippen LogP contribution in [0.1, 0.15) is 18.2 Å². The van der Waals surface area contributed by atoms with Gasteiger partial charge >= 0.3 is 0 Å². The highest BCUT2D eigenvalue weighted by atomic mass is 32.1. The molecular weight excluding hydrogens is 653 g/mol. The Bertz CT molecular complexity index is 2850. The van der Waals surface area contributed by atoms with Gasteiger partial charge in [-0.05, 0) is 52.2 Å². The fourth-order valence-corrected chi connectivity index (χ4v) is 8.71. The summed E-state index contributed by atoms with van der Waals surface area (Å²) in [6, 6.07) is 51.6. The monoisotopic (exact) mass is 684 g/mol. The molecule has 1 aliphatic rings. The Morgan fingerprint density at radius 3 is 2.15 bits per heavy atom. The Hall–Kier alpha value is -6.43. The topological polar surface area (TPSA) is 50.7 Å². The molecule has 1 atom stereocenters. The number of hydrogen-bond acceptors (Lipinski definition) is 5. The first-order chi connectivity index (χ1) is 25.8. The number of para-hydroxylation sites is 1. The third-order valence-electron chi connectivity index (χ3n) is 9.99. The molecule has 0 saturated heterocycles. The molecule has 2 aromatic heterocycles. The lowest BCUT2D eigenvalue weighted by Gasteiger charge is -2.17. The van der Waals surface area contributed by atoms with Gasteiger partial charge in [-0.3, -0.25) is 0 Å². The average Bonchev–Trinajstić information content (AvgIpc) is 3.61. The second kappa shape index (κ2) is 12.7. The molecule has 0 bridgehead atoms. The summed E-state index contributed by atoms with van der Waals surface area (Å²) in [7, 11) is 0. The van der Waals surface area contributed by atoms with Gasteiger partial charge in [-0.1, -0.05) is 146 Å². The Kier molecular flexibility index (Phi) is 7.43. The van der Waals surface area contributed by atoms with E-state index in [1.807, 2.05) is 35.6 Å². The van der Waals surface area contributed by atoms with Gasteiger partial charge in [0.25, 0.3) is 0 Å². The molecule has 2 heterocycles. The van der Waals surface area contributed by atoms with Crippen LogP contribution in [-0.4, -0.2) is 15.0 Å². The molecule has 0 aliphatic heterocycles. The molecule has 4 nitrogen and oxygen atoms in total. The first kappa shape index (κ1) is 30.4. The van der Waals surface area contributed by atoms with E-state index < -0.39 is 0 Å². The molecule has 5 heteroatoms. The van der Waals surface area contributed by atoms with Crippen molar-refractivity contribution in [2.24, 2.45) is 0 Å². The first-order valence-corrected chi connectivity index (χ1v) is 18.5. The molecule has 9 aromatic rings. The number of rotatable bonds is 6. The molecule has 1 aliphatic carbocycles. The number of aromatic nitrogens is 3. The summed E-state index contributed by atoms with van der Waals surface area (Å²) < 4.78 is 2.56. The molecule has 7 aromatic carbocycles. The summed E-state index contributed by atoms with van der Waals surface area (Å²) in [5, 5.41) is 11.5. The molecule has 0 fully saturated rings. The molecule has 1 unspecified atom stereocenters. The highest BCUT2D eigenvalue weighted by Crippen LogP contribution is 2.46. The van der Waals surface area contributed by atoms with E-state index in [1.54, 1.807) is 0 Å². The second-order valence-corrected chi connectivity index (χ2v) is 14.3. The van der Waals surface area contributed by atoms with Gasteiger partial charge in [-0.15, -0.1) is 11.3 Å². The molecule has 0 radical (unpaired) electrons. The molecule has 1 N–H and O–H groups in total. The van der Waals surface area contributed by atoms with E-state index in [2.05, 4.69) is 151 Å². The standard InChI is InChI=1S/C47H32N4S/c1-4-14-32(15-5-1)45-49-46(33-16-6-2-7-17-33)51-47(50-45)34-25-27-37(40(29-34)48-35-18-8-3-9-19-35)38-21-12-22-39-43-41(52-44(38)39)28-26-31-24-23-30-13-10-11-20-36(30)42(31)43/h1-16,18-29,33,48H,17H2. The van der Waals surface area contributed by atoms with Crippen LogP contribution in [0.15, 0.2) is 170 Å². The van der Waals surface area contributed by atoms with E-state index in [9.17, 15) is 0 Å². The number of benzene rings is 7. The summed E-state index contributed by atoms with van der Waals surface area (Å²) in [6.07, 6.45) is 9.37. The lowest BCUT2D eigenvalue weighted by Crippen LogP contribution is -2.08. The number of nitrogens with zero attached hydrogens (tertiary/aromatic N) is 3. The number of fused-ring (bicyclic) bond motifs is 7. The van der Waals surface area contributed by atoms with Crippen LogP contribution in [0.25, 0.3) is 75.6 Å². The Balaban J connectivity index is 1.18. The maximum absolute atomic E-state index is 5.10. The Morgan fingerprint density at radius 2 is 1.31 bits per heavy atom. The number of anilines is 2. The summed E-state index contributed by atoms with van der Waals surface area (Å²) in [6.45, 7) is 0. The van der Waals surface area contributed by atoms with Gasteiger partial charge in [0.2, 0.25) is 0 Å². The van der Waals surface area contributed by atoms with Gasteiger partial charge in [0.1, 0.15) is 5.82 Å². The predicted molar refractivity (Wildman–Crippen MR) is 219 cm³/mol. The molecule has 52 heavy (non-hydrogen) atoms. The van der Waals surface area contributed by atoms with Crippen molar-refractivity contribution in [2.75, 3.05) is 5.32 Å². The van der Waals surface area contributed by atoms with E-state index in [4.69, 9.17) is 15.0 Å². The third-order valence-corrected chi connectivity index (χ3v) is 11.2. The van der Waals surface area contributed by atoms with Crippen molar-refractivity contribution in [2.45, 2.75) is 12.3 Å². The van der Waals surface area contributed by atoms with Crippen LogP contribution < -0.4 is 5.32 Å². The average molecular weight is 685 g/mol. The normalized spacial score (nSPS) is 14.1. The minimum Gasteiger partial charge on any atom is -0.355 e. The van der Waals surface area contributed by atoms with Gasteiger partial charge in [-0.2, -0.15) is 0 Å². The molecule has 0 spiro atoms. The quantitative estimate of drug-likeness (QED) is 0.177. The molecule has 246 valence electrons. The summed E-state index contributed by atoms with van der Waals surface area (Å²) in [4.78, 5) is 15.1. The van der Waals surface area contributed by atoms with Gasteiger partial charge in [0, 0.05) is 59.7 Å². The number of thiophene rings is 1. The van der Waals surface area contributed by atoms with Crippen LogP contribution in [-0.2, 0) is 0 Å². The lowest BCUT2D eigenvalue weighted by molar-refractivity contribution is 0.764. The van der Waals surface area contributed by atoms with Crippen molar-refractivity contribution in [1.29, 1.82) is 0 Å². The van der Waals surface area contributed by atoms with E-state index in [0.29, 0.717) is 11.6 Å². The first-order valence-electron chi connectivity index (χ1n) is 17.6. The van der Waals surface area contributed by atoms with Crippen molar-refractivity contribution < 1.29 is 0 Å². The second-order valence-electron chi connectivity index (χ2n) is 13.2. The largest absolute Gasteiger partial charge is 0.355 e. The van der Waals surface area contributed by atoms with Gasteiger partial charge in [0.15, 0.2) is 11.6 Å². The van der Waals surface area contributed by atoms with Crippen molar-refractivity contribution in [3.63, 3.8) is 0 Å². The van der Waals surface area contributed by atoms with Crippen LogP contribution in [0.2, 0.25) is 0 Å². The fraction of sp³-hybridized carbons (Fsp3) is 0.0426. The van der Waals surface area contributed by atoms with Crippen LogP contribution in [0.3, 0.4) is 0 Å². The number of nitrogens with one attached hydrogen (secondary N) is 1. The van der Waals surface area contributed by atoms with Crippen molar-refractivity contribution >= 4 is 64.4 Å². The maximum atomic E-state index is 5.10. The fourth-order valence-electron chi connectivity index (χ4n) is 7.47. The lowest BCUT2D eigenvalue weighted by atomic mass is 9.95. The van der Waals surface area contributed by atoms with Crippen molar-refractivity contribution in [3.05, 3.63) is 176 Å². The van der Waals surface area contributed by atoms with E-state index in [0.717, 1.165) is 40.3 Å². The number of allylic oxidation sites excluding steroid dienone is 4. The molecular formula is C47H32N4S. The van der Waals surface area contributed by atoms with E-state index in [-0.39, 0.29) is 5.92 Å². The number of hydrogen-bond donors (Lipinski definition) is 1. The minimum absolute atomic E-state index is 0.0918.